The Morgan fingerprint density at radius 1 is 1.33 bits per heavy atom. The molecule has 0 spiro atoms. The van der Waals surface area contributed by atoms with Crippen molar-refractivity contribution in [3.05, 3.63) is 60.1 Å². The molecule has 0 atom stereocenters. The molecule has 0 saturated heterocycles. The van der Waals surface area contributed by atoms with Crippen LogP contribution in [0.25, 0.3) is 11.3 Å². The van der Waals surface area contributed by atoms with Crippen LogP contribution in [0.2, 0.25) is 0 Å². The molecule has 0 saturated carbocycles. The van der Waals surface area contributed by atoms with Gasteiger partial charge >= 0.3 is 0 Å². The molecule has 18 heavy (non-hydrogen) atoms. The van der Waals surface area contributed by atoms with Crippen LogP contribution in [-0.4, -0.2) is 4.98 Å². The number of rotatable bonds is 1. The van der Waals surface area contributed by atoms with Gasteiger partial charge in [-0.3, -0.25) is 8.78 Å². The molecule has 0 aliphatic heterocycles. The van der Waals surface area contributed by atoms with Crippen LogP contribution in [0.3, 0.4) is 0 Å². The predicted molar refractivity (Wildman–Crippen MR) is 56.5 cm³/mol. The molecule has 3 radical (unpaired) electrons. The summed E-state index contributed by atoms with van der Waals surface area (Å²) >= 11 is 0. The fourth-order valence-electron chi connectivity index (χ4n) is 1.38. The Morgan fingerprint density at radius 2 is 2.06 bits per heavy atom. The van der Waals surface area contributed by atoms with Crippen LogP contribution < -0.4 is 0 Å². The molecule has 0 bridgehead atoms. The van der Waals surface area contributed by atoms with Crippen molar-refractivity contribution < 1.29 is 28.9 Å². The first-order chi connectivity index (χ1) is 8.13. The van der Waals surface area contributed by atoms with Gasteiger partial charge in [0.2, 0.25) is 0 Å². The minimum atomic E-state index is -0.981. The monoisotopic (exact) mass is 420 g/mol. The van der Waals surface area contributed by atoms with Gasteiger partial charge in [-0.05, 0) is 11.8 Å². The molecule has 1 aromatic carbocycles. The first-order valence-corrected chi connectivity index (χ1v) is 4.66. The summed E-state index contributed by atoms with van der Waals surface area (Å²) in [6.07, 6.45) is 0. The van der Waals surface area contributed by atoms with Crippen LogP contribution in [0.5, 0.6) is 0 Å². The van der Waals surface area contributed by atoms with Crippen molar-refractivity contribution in [2.24, 2.45) is 0 Å². The Hall–Kier alpha value is -1.63. The van der Waals surface area contributed by atoms with Gasteiger partial charge in [0.25, 0.3) is 0 Å². The van der Waals surface area contributed by atoms with Crippen molar-refractivity contribution in [3.8, 4) is 17.3 Å². The van der Waals surface area contributed by atoms with Crippen LogP contribution in [0.4, 0.5) is 8.78 Å². The summed E-state index contributed by atoms with van der Waals surface area (Å²) in [6, 6.07) is 9.39. The molecule has 1 aromatic heterocycles. The normalized spacial score (nSPS) is 9.44. The van der Waals surface area contributed by atoms with Crippen LogP contribution in [0.1, 0.15) is 11.3 Å². The molecule has 0 amide bonds. The number of benzene rings is 1. The Kier molecular flexibility index (Phi) is 4.66. The zero-order valence-corrected chi connectivity index (χ0v) is 11.3. The Bertz CT molecular complexity index is 621. The molecular weight excluding hydrogens is 414 g/mol. The van der Waals surface area contributed by atoms with Gasteiger partial charge in [0.05, 0.1) is 17.7 Å². The second-order valence-electron chi connectivity index (χ2n) is 3.26. The molecule has 0 unspecified atom stereocenters. The van der Waals surface area contributed by atoms with E-state index in [1.54, 1.807) is 6.07 Å². The van der Waals surface area contributed by atoms with Crippen LogP contribution in [0.15, 0.2) is 24.3 Å². The van der Waals surface area contributed by atoms with E-state index in [1.807, 2.05) is 0 Å². The SMILES string of the molecule is [CH]c1cccc(-c2[c-]cc(F)c(C#N)c2F)n1.[Ir]. The van der Waals surface area contributed by atoms with Crippen LogP contribution >= 0.6 is 0 Å². The summed E-state index contributed by atoms with van der Waals surface area (Å²) in [7, 11) is 0. The first kappa shape index (κ1) is 14.4. The molecule has 0 aliphatic carbocycles. The van der Waals surface area contributed by atoms with Gasteiger partial charge in [0.15, 0.2) is 0 Å². The maximum absolute atomic E-state index is 13.8. The van der Waals surface area contributed by atoms with Crippen molar-refractivity contribution in [2.75, 3.05) is 0 Å². The topological polar surface area (TPSA) is 36.7 Å². The number of nitrogens with zero attached hydrogens (tertiary/aromatic N) is 2. The third-order valence-electron chi connectivity index (χ3n) is 2.16. The largest absolute Gasteiger partial charge is 0.301 e. The summed E-state index contributed by atoms with van der Waals surface area (Å²) in [6.45, 7) is 5.46. The molecule has 91 valence electrons. The number of pyridine rings is 1. The van der Waals surface area contributed by atoms with Crippen LogP contribution in [0, 0.1) is 36.0 Å². The number of nitriles is 1. The van der Waals surface area contributed by atoms with Crippen molar-refractivity contribution in [1.29, 1.82) is 5.26 Å². The number of hydrogen-bond acceptors (Lipinski definition) is 2. The summed E-state index contributed by atoms with van der Waals surface area (Å²) in [5.41, 5.74) is -0.310. The average Bonchev–Trinajstić information content (AvgIpc) is 2.29. The predicted octanol–water partition coefficient (Wildman–Crippen LogP) is 2.76. The van der Waals surface area contributed by atoms with E-state index in [0.717, 1.165) is 6.07 Å². The summed E-state index contributed by atoms with van der Waals surface area (Å²) < 4.78 is 26.9. The molecule has 5 heteroatoms. The number of halogens is 2. The van der Waals surface area contributed by atoms with Gasteiger partial charge in [-0.25, -0.2) is 0 Å². The molecule has 0 N–H and O–H groups in total. The zero-order valence-electron chi connectivity index (χ0n) is 8.87. The van der Waals surface area contributed by atoms with Crippen molar-refractivity contribution >= 4 is 0 Å². The summed E-state index contributed by atoms with van der Waals surface area (Å²) in [4.78, 5) is 3.88. The second kappa shape index (κ2) is 5.81. The van der Waals surface area contributed by atoms with E-state index in [0.29, 0.717) is 0 Å². The van der Waals surface area contributed by atoms with Gasteiger partial charge in [0, 0.05) is 38.3 Å². The maximum atomic E-state index is 13.8. The van der Waals surface area contributed by atoms with Gasteiger partial charge < -0.3 is 4.98 Å². The molecule has 2 aromatic rings. The van der Waals surface area contributed by atoms with Crippen LogP contribution in [-0.2, 0) is 20.1 Å². The Balaban J connectivity index is 0.00000162. The molecule has 0 fully saturated rings. The summed E-state index contributed by atoms with van der Waals surface area (Å²) in [5.74, 6) is -1.93. The molecule has 2 nitrogen and oxygen atoms in total. The smallest absolute Gasteiger partial charge is 0.0848 e. The van der Waals surface area contributed by atoms with Crippen molar-refractivity contribution in [3.63, 3.8) is 0 Å². The Labute approximate surface area is 117 Å². The third kappa shape index (κ3) is 2.61. The third-order valence-corrected chi connectivity index (χ3v) is 2.16. The van der Waals surface area contributed by atoms with E-state index in [4.69, 9.17) is 12.2 Å². The molecule has 2 rings (SSSR count). The first-order valence-electron chi connectivity index (χ1n) is 4.66. The van der Waals surface area contributed by atoms with Gasteiger partial charge in [-0.2, -0.15) is 5.26 Å². The second-order valence-corrected chi connectivity index (χ2v) is 3.26. The standard InChI is InChI=1S/C13H5F2N2.Ir/c1-8-3-2-4-12(17-8)9-5-6-11(14)10(7-16)13(9)15;/h1-4,6H;/q-1;. The van der Waals surface area contributed by atoms with E-state index in [2.05, 4.69) is 11.1 Å². The van der Waals surface area contributed by atoms with Gasteiger partial charge in [0.1, 0.15) is 0 Å². The van der Waals surface area contributed by atoms with E-state index in [-0.39, 0.29) is 37.1 Å². The van der Waals surface area contributed by atoms with E-state index >= 15 is 0 Å². The number of hydrogen-bond donors (Lipinski definition) is 0. The zero-order chi connectivity index (χ0) is 12.4. The van der Waals surface area contributed by atoms with Crippen molar-refractivity contribution in [2.45, 2.75) is 0 Å². The minimum Gasteiger partial charge on any atom is -0.301 e. The van der Waals surface area contributed by atoms with E-state index in [9.17, 15) is 8.78 Å². The fraction of sp³-hybridized carbons (Fsp3) is 0. The van der Waals surface area contributed by atoms with Gasteiger partial charge in [-0.15, -0.1) is 12.1 Å². The number of aromatic nitrogens is 1. The summed E-state index contributed by atoms with van der Waals surface area (Å²) in [5, 5.41) is 8.64. The quantitative estimate of drug-likeness (QED) is 0.667. The minimum absolute atomic E-state index is 0. The molecule has 0 aliphatic rings. The fourth-order valence-corrected chi connectivity index (χ4v) is 1.38. The molecule has 1 heterocycles. The van der Waals surface area contributed by atoms with E-state index in [1.165, 1.54) is 18.2 Å². The van der Waals surface area contributed by atoms with E-state index < -0.39 is 17.2 Å². The van der Waals surface area contributed by atoms with Gasteiger partial charge in [-0.1, -0.05) is 17.7 Å². The maximum Gasteiger partial charge on any atom is 0.0848 e. The molecular formula is C13H5F2IrN2-. The Morgan fingerprint density at radius 3 is 2.67 bits per heavy atom. The average molecular weight is 419 g/mol. The van der Waals surface area contributed by atoms with Crippen molar-refractivity contribution in [1.82, 2.24) is 4.98 Å².